The Hall–Kier alpha value is -2.34. The van der Waals surface area contributed by atoms with Crippen LogP contribution in [-0.4, -0.2) is 16.9 Å². The fraction of sp³-hybridized carbons (Fsp3) is 0.0667. The molecule has 0 aliphatic heterocycles. The lowest BCUT2D eigenvalue weighted by atomic mass is 10.2. The molecule has 2 rings (SSSR count). The van der Waals surface area contributed by atoms with Crippen LogP contribution in [0.25, 0.3) is 0 Å². The van der Waals surface area contributed by atoms with Crippen LogP contribution in [0.5, 0.6) is 5.75 Å². The molecule has 2 amide bonds. The number of amides is 2. The number of halogens is 1. The van der Waals surface area contributed by atoms with Crippen molar-refractivity contribution in [3.8, 4) is 5.75 Å². The maximum absolute atomic E-state index is 12.1. The number of anilines is 2. The van der Waals surface area contributed by atoms with Crippen LogP contribution in [0.1, 0.15) is 17.3 Å². The first-order valence-electron chi connectivity index (χ1n) is 6.13. The number of phenols is 1. The van der Waals surface area contributed by atoms with Gasteiger partial charge in [-0.1, -0.05) is 15.9 Å². The first kappa shape index (κ1) is 15.1. The van der Waals surface area contributed by atoms with Gasteiger partial charge in [0.2, 0.25) is 5.91 Å². The molecule has 108 valence electrons. The van der Waals surface area contributed by atoms with Gasteiger partial charge in [0, 0.05) is 22.8 Å². The Morgan fingerprint density at radius 3 is 2.10 bits per heavy atom. The van der Waals surface area contributed by atoms with E-state index in [4.69, 9.17) is 0 Å². The minimum Gasteiger partial charge on any atom is -0.507 e. The molecular formula is C15H13BrN2O3. The van der Waals surface area contributed by atoms with Crippen molar-refractivity contribution in [1.29, 1.82) is 0 Å². The second kappa shape index (κ2) is 6.41. The smallest absolute Gasteiger partial charge is 0.259 e. The minimum atomic E-state index is -0.410. The lowest BCUT2D eigenvalue weighted by molar-refractivity contribution is -0.114. The van der Waals surface area contributed by atoms with Gasteiger partial charge in [-0.2, -0.15) is 0 Å². The van der Waals surface area contributed by atoms with Crippen LogP contribution in [-0.2, 0) is 4.79 Å². The van der Waals surface area contributed by atoms with E-state index in [9.17, 15) is 14.7 Å². The summed E-state index contributed by atoms with van der Waals surface area (Å²) in [5, 5.41) is 15.1. The average Bonchev–Trinajstić information content (AvgIpc) is 2.40. The van der Waals surface area contributed by atoms with Gasteiger partial charge in [0.15, 0.2) is 0 Å². The summed E-state index contributed by atoms with van der Waals surface area (Å²) in [5.41, 5.74) is 1.40. The largest absolute Gasteiger partial charge is 0.507 e. The number of phenolic OH excluding ortho intramolecular Hbond substituents is 1. The van der Waals surface area contributed by atoms with E-state index in [2.05, 4.69) is 26.6 Å². The van der Waals surface area contributed by atoms with Crippen molar-refractivity contribution in [3.63, 3.8) is 0 Å². The van der Waals surface area contributed by atoms with Crippen LogP contribution < -0.4 is 10.6 Å². The van der Waals surface area contributed by atoms with E-state index in [1.165, 1.54) is 19.1 Å². The number of rotatable bonds is 3. The van der Waals surface area contributed by atoms with Crippen molar-refractivity contribution in [2.24, 2.45) is 0 Å². The Kier molecular flexibility index (Phi) is 4.59. The van der Waals surface area contributed by atoms with E-state index in [1.54, 1.807) is 30.3 Å². The van der Waals surface area contributed by atoms with Crippen molar-refractivity contribution in [2.45, 2.75) is 6.92 Å². The zero-order valence-electron chi connectivity index (χ0n) is 11.2. The van der Waals surface area contributed by atoms with Crippen LogP contribution in [0.4, 0.5) is 11.4 Å². The Bertz CT molecular complexity index is 684. The summed E-state index contributed by atoms with van der Waals surface area (Å²) in [4.78, 5) is 23.0. The number of nitrogens with one attached hydrogen (secondary N) is 2. The van der Waals surface area contributed by atoms with E-state index in [-0.39, 0.29) is 17.2 Å². The third kappa shape index (κ3) is 4.06. The summed E-state index contributed by atoms with van der Waals surface area (Å²) in [7, 11) is 0. The highest BCUT2D eigenvalue weighted by Crippen LogP contribution is 2.23. The van der Waals surface area contributed by atoms with E-state index >= 15 is 0 Å². The molecular weight excluding hydrogens is 336 g/mol. The highest BCUT2D eigenvalue weighted by Gasteiger charge is 2.11. The van der Waals surface area contributed by atoms with Gasteiger partial charge in [0.1, 0.15) is 5.75 Å². The van der Waals surface area contributed by atoms with Gasteiger partial charge in [-0.05, 0) is 42.5 Å². The molecule has 0 saturated carbocycles. The predicted molar refractivity (Wildman–Crippen MR) is 84.5 cm³/mol. The number of hydrogen-bond donors (Lipinski definition) is 3. The van der Waals surface area contributed by atoms with Crippen molar-refractivity contribution in [3.05, 3.63) is 52.5 Å². The summed E-state index contributed by atoms with van der Waals surface area (Å²) < 4.78 is 0.691. The van der Waals surface area contributed by atoms with Crippen LogP contribution in [0.2, 0.25) is 0 Å². The van der Waals surface area contributed by atoms with Crippen molar-refractivity contribution >= 4 is 39.1 Å². The van der Waals surface area contributed by atoms with E-state index in [0.29, 0.717) is 15.8 Å². The van der Waals surface area contributed by atoms with Gasteiger partial charge in [0.25, 0.3) is 5.91 Å². The Labute approximate surface area is 130 Å². The first-order chi connectivity index (χ1) is 9.95. The summed E-state index contributed by atoms with van der Waals surface area (Å²) in [5.74, 6) is -0.671. The number of carbonyl (C=O) groups excluding carboxylic acids is 2. The molecule has 0 spiro atoms. The molecule has 0 fully saturated rings. The van der Waals surface area contributed by atoms with Crippen LogP contribution in [0.3, 0.4) is 0 Å². The summed E-state index contributed by atoms with van der Waals surface area (Å²) >= 11 is 3.21. The average molecular weight is 349 g/mol. The highest BCUT2D eigenvalue weighted by atomic mass is 79.9. The van der Waals surface area contributed by atoms with Gasteiger partial charge >= 0.3 is 0 Å². The molecule has 21 heavy (non-hydrogen) atoms. The number of benzene rings is 2. The number of aromatic hydroxyl groups is 1. The minimum absolute atomic E-state index is 0.100. The quantitative estimate of drug-likeness (QED) is 0.795. The molecule has 5 nitrogen and oxygen atoms in total. The topological polar surface area (TPSA) is 78.4 Å². The molecule has 6 heteroatoms. The standard InChI is InChI=1S/C15H13BrN2O3/c1-9(19)17-11-3-5-12(6-4-11)18-15(21)13-7-2-10(16)8-14(13)20/h2-8,20H,1H3,(H,17,19)(H,18,21). The second-order valence-electron chi connectivity index (χ2n) is 4.37. The van der Waals surface area contributed by atoms with E-state index in [0.717, 1.165) is 0 Å². The molecule has 0 atom stereocenters. The zero-order chi connectivity index (χ0) is 15.4. The molecule has 0 saturated heterocycles. The van der Waals surface area contributed by atoms with Crippen molar-refractivity contribution in [1.82, 2.24) is 0 Å². The monoisotopic (exact) mass is 348 g/mol. The van der Waals surface area contributed by atoms with Gasteiger partial charge in [0.05, 0.1) is 5.56 Å². The molecule has 3 N–H and O–H groups in total. The van der Waals surface area contributed by atoms with Crippen LogP contribution in [0.15, 0.2) is 46.9 Å². The molecule has 0 aromatic heterocycles. The Balaban J connectivity index is 2.10. The third-order valence-electron chi connectivity index (χ3n) is 2.67. The van der Waals surface area contributed by atoms with Crippen LogP contribution >= 0.6 is 15.9 Å². The summed E-state index contributed by atoms with van der Waals surface area (Å²) in [6.07, 6.45) is 0. The Morgan fingerprint density at radius 2 is 1.57 bits per heavy atom. The van der Waals surface area contributed by atoms with Gasteiger partial charge in [-0.3, -0.25) is 9.59 Å². The number of hydrogen-bond acceptors (Lipinski definition) is 3. The first-order valence-corrected chi connectivity index (χ1v) is 6.92. The summed E-state index contributed by atoms with van der Waals surface area (Å²) in [6, 6.07) is 11.3. The van der Waals surface area contributed by atoms with E-state index < -0.39 is 5.91 Å². The molecule has 0 heterocycles. The molecule has 0 bridgehead atoms. The van der Waals surface area contributed by atoms with Crippen molar-refractivity contribution < 1.29 is 14.7 Å². The lowest BCUT2D eigenvalue weighted by Crippen LogP contribution is -2.12. The van der Waals surface area contributed by atoms with Gasteiger partial charge in [-0.15, -0.1) is 0 Å². The Morgan fingerprint density at radius 1 is 1.00 bits per heavy atom. The zero-order valence-corrected chi connectivity index (χ0v) is 12.8. The van der Waals surface area contributed by atoms with E-state index in [1.807, 2.05) is 0 Å². The second-order valence-corrected chi connectivity index (χ2v) is 5.29. The predicted octanol–water partition coefficient (Wildman–Crippen LogP) is 3.37. The van der Waals surface area contributed by atoms with Gasteiger partial charge < -0.3 is 15.7 Å². The van der Waals surface area contributed by atoms with Gasteiger partial charge in [-0.25, -0.2) is 0 Å². The van der Waals surface area contributed by atoms with Crippen molar-refractivity contribution in [2.75, 3.05) is 10.6 Å². The third-order valence-corrected chi connectivity index (χ3v) is 3.16. The molecule has 0 unspecified atom stereocenters. The normalized spacial score (nSPS) is 10.0. The maximum atomic E-state index is 12.1. The molecule has 2 aromatic rings. The fourth-order valence-electron chi connectivity index (χ4n) is 1.74. The number of carbonyl (C=O) groups is 2. The highest BCUT2D eigenvalue weighted by molar-refractivity contribution is 9.10. The maximum Gasteiger partial charge on any atom is 0.259 e. The SMILES string of the molecule is CC(=O)Nc1ccc(NC(=O)c2ccc(Br)cc2O)cc1. The van der Waals surface area contributed by atoms with Crippen LogP contribution in [0, 0.1) is 0 Å². The summed E-state index contributed by atoms with van der Waals surface area (Å²) in [6.45, 7) is 1.42. The lowest BCUT2D eigenvalue weighted by Gasteiger charge is -2.08. The molecule has 0 aliphatic carbocycles. The fourth-order valence-corrected chi connectivity index (χ4v) is 2.08. The molecule has 2 aromatic carbocycles. The molecule has 0 radical (unpaired) electrons. The molecule has 0 aliphatic rings.